The second-order valence-electron chi connectivity index (χ2n) is 6.82. The third-order valence-electron chi connectivity index (χ3n) is 4.90. The number of nitriles is 1. The van der Waals surface area contributed by atoms with Gasteiger partial charge in [-0.1, -0.05) is 0 Å². The van der Waals surface area contributed by atoms with Crippen molar-refractivity contribution in [2.24, 2.45) is 0 Å². The van der Waals surface area contributed by atoms with Gasteiger partial charge >= 0.3 is 12.4 Å². The molecule has 0 amide bonds. The predicted molar refractivity (Wildman–Crippen MR) is 97.0 cm³/mol. The molecule has 0 atom stereocenters. The summed E-state index contributed by atoms with van der Waals surface area (Å²) in [6, 6.07) is 1.84. The van der Waals surface area contributed by atoms with Crippen LogP contribution in [0, 0.1) is 11.3 Å². The van der Waals surface area contributed by atoms with Crippen molar-refractivity contribution in [2.75, 3.05) is 36.0 Å². The molecule has 0 bridgehead atoms. The van der Waals surface area contributed by atoms with Crippen LogP contribution in [0.3, 0.4) is 0 Å². The molecular weight excluding hydrogens is 446 g/mol. The van der Waals surface area contributed by atoms with Crippen LogP contribution in [0.5, 0.6) is 0 Å². The minimum atomic E-state index is -4.91. The summed E-state index contributed by atoms with van der Waals surface area (Å²) in [6.45, 7) is 0.961. The zero-order valence-corrected chi connectivity index (χ0v) is 15.9. The topological polar surface area (TPSA) is 106 Å². The number of H-pyrrole nitrogens is 1. The number of hydrogen-bond donors (Lipinski definition) is 1. The first kappa shape index (κ1) is 21.4. The van der Waals surface area contributed by atoms with Crippen LogP contribution >= 0.6 is 0 Å². The summed E-state index contributed by atoms with van der Waals surface area (Å²) in [4.78, 5) is 26.6. The highest BCUT2D eigenvalue weighted by Gasteiger charge is 2.36. The van der Waals surface area contributed by atoms with E-state index in [1.54, 1.807) is 9.80 Å². The Morgan fingerprint density at radius 2 is 1.50 bits per heavy atom. The zero-order chi connectivity index (χ0) is 23.3. The van der Waals surface area contributed by atoms with Crippen molar-refractivity contribution in [3.05, 3.63) is 45.6 Å². The van der Waals surface area contributed by atoms with Crippen molar-refractivity contribution in [3.8, 4) is 6.07 Å². The van der Waals surface area contributed by atoms with E-state index in [-0.39, 0.29) is 49.2 Å². The van der Waals surface area contributed by atoms with E-state index in [9.17, 15) is 36.4 Å². The molecule has 0 unspecified atom stereocenters. The van der Waals surface area contributed by atoms with E-state index in [0.717, 1.165) is 0 Å². The molecule has 4 heterocycles. The van der Waals surface area contributed by atoms with Gasteiger partial charge in [0.2, 0.25) is 5.95 Å². The van der Waals surface area contributed by atoms with Gasteiger partial charge in [0.25, 0.3) is 5.56 Å². The second kappa shape index (κ2) is 7.39. The molecule has 3 aromatic heterocycles. The lowest BCUT2D eigenvalue weighted by Crippen LogP contribution is -2.47. The third-order valence-corrected chi connectivity index (χ3v) is 4.90. The molecule has 168 valence electrons. The maximum absolute atomic E-state index is 13.0. The van der Waals surface area contributed by atoms with E-state index in [4.69, 9.17) is 0 Å². The molecule has 32 heavy (non-hydrogen) atoms. The Morgan fingerprint density at radius 1 is 0.906 bits per heavy atom. The van der Waals surface area contributed by atoms with E-state index in [0.29, 0.717) is 23.1 Å². The van der Waals surface area contributed by atoms with Crippen LogP contribution in [0.25, 0.3) is 5.65 Å². The van der Waals surface area contributed by atoms with Crippen LogP contribution in [-0.4, -0.2) is 50.7 Å². The number of halogens is 6. The number of piperazine rings is 1. The molecule has 3 aromatic rings. The minimum Gasteiger partial charge on any atom is -0.352 e. The van der Waals surface area contributed by atoms with E-state index < -0.39 is 29.0 Å². The fourth-order valence-electron chi connectivity index (χ4n) is 3.29. The Bertz CT molecular complexity index is 1250. The van der Waals surface area contributed by atoms with Crippen LogP contribution in [0.1, 0.15) is 16.7 Å². The van der Waals surface area contributed by atoms with Crippen molar-refractivity contribution in [1.82, 2.24) is 24.6 Å². The zero-order valence-electron chi connectivity index (χ0n) is 15.9. The van der Waals surface area contributed by atoms with Gasteiger partial charge in [0.15, 0.2) is 5.65 Å². The van der Waals surface area contributed by atoms with E-state index in [1.165, 1.54) is 0 Å². The lowest BCUT2D eigenvalue weighted by molar-refractivity contribution is -0.139. The third kappa shape index (κ3) is 3.67. The van der Waals surface area contributed by atoms with Gasteiger partial charge in [-0.05, 0) is 0 Å². The molecule has 1 N–H and O–H groups in total. The van der Waals surface area contributed by atoms with Crippen molar-refractivity contribution >= 4 is 17.4 Å². The minimum absolute atomic E-state index is 0.0857. The van der Waals surface area contributed by atoms with Crippen molar-refractivity contribution in [2.45, 2.75) is 12.4 Å². The average Bonchev–Trinajstić information content (AvgIpc) is 3.12. The molecule has 1 aliphatic heterocycles. The monoisotopic (exact) mass is 458 g/mol. The molecule has 15 heteroatoms. The van der Waals surface area contributed by atoms with E-state index in [2.05, 4.69) is 20.1 Å². The Kier molecular flexibility index (Phi) is 4.94. The molecule has 0 aliphatic carbocycles. The first-order valence-corrected chi connectivity index (χ1v) is 9.01. The molecule has 0 saturated carbocycles. The number of alkyl halides is 6. The number of aromatic amines is 1. The molecule has 4 rings (SSSR count). The number of fused-ring (bicyclic) bond motifs is 1. The molecule has 1 saturated heterocycles. The number of nitrogens with one attached hydrogen (secondary N) is 1. The molecule has 9 nitrogen and oxygen atoms in total. The first-order chi connectivity index (χ1) is 15.0. The summed E-state index contributed by atoms with van der Waals surface area (Å²) in [6.07, 6.45) is -7.72. The lowest BCUT2D eigenvalue weighted by atomic mass is 10.2. The molecule has 0 aromatic carbocycles. The van der Waals surface area contributed by atoms with Crippen molar-refractivity contribution < 1.29 is 26.3 Å². The Labute approximate surface area is 174 Å². The van der Waals surface area contributed by atoms with E-state index >= 15 is 0 Å². The SMILES string of the molecule is N#Cc1c(N2CCN(c3ncc(C(F)(F)F)cn3)CC2)[nH]n2c(=O)c(C(F)(F)F)cnc12. The highest BCUT2D eigenvalue weighted by atomic mass is 19.4. The molecule has 1 fully saturated rings. The van der Waals surface area contributed by atoms with Crippen molar-refractivity contribution in [1.29, 1.82) is 5.26 Å². The fraction of sp³-hybridized carbons (Fsp3) is 0.353. The number of aromatic nitrogens is 5. The summed E-state index contributed by atoms with van der Waals surface area (Å²) in [5.74, 6) is 0.201. The van der Waals surface area contributed by atoms with Gasteiger partial charge in [-0.2, -0.15) is 36.1 Å². The summed E-state index contributed by atoms with van der Waals surface area (Å²) < 4.78 is 77.5. The summed E-state index contributed by atoms with van der Waals surface area (Å²) in [5.41, 5.74) is -4.18. The van der Waals surface area contributed by atoms with Gasteiger partial charge in [0.05, 0.1) is 5.56 Å². The lowest BCUT2D eigenvalue weighted by Gasteiger charge is -2.35. The molecular formula is C17H12F6N8O. The quantitative estimate of drug-likeness (QED) is 0.586. The Balaban J connectivity index is 1.58. The Morgan fingerprint density at radius 3 is 2.03 bits per heavy atom. The standard InChI is InChI=1S/C17H12F6N8O/c18-16(19,20)9-6-26-15(27-7-9)30-3-1-29(2-4-30)13-10(5-24)12-25-8-11(17(21,22)23)14(32)31(12)28-13/h6-8,28H,1-4H2. The van der Waals surface area contributed by atoms with Crippen LogP contribution in [0.4, 0.5) is 38.1 Å². The van der Waals surface area contributed by atoms with E-state index in [1.807, 2.05) is 6.07 Å². The van der Waals surface area contributed by atoms with Gasteiger partial charge in [0, 0.05) is 44.8 Å². The van der Waals surface area contributed by atoms with Gasteiger partial charge in [-0.15, -0.1) is 0 Å². The number of anilines is 2. The highest BCUT2D eigenvalue weighted by Crippen LogP contribution is 2.30. The number of rotatable bonds is 2. The van der Waals surface area contributed by atoms with Gasteiger partial charge in [-0.25, -0.2) is 15.0 Å². The summed E-state index contributed by atoms with van der Waals surface area (Å²) in [7, 11) is 0. The summed E-state index contributed by atoms with van der Waals surface area (Å²) in [5, 5.41) is 12.0. The predicted octanol–water partition coefficient (Wildman–Crippen LogP) is 2.05. The van der Waals surface area contributed by atoms with Gasteiger partial charge < -0.3 is 9.80 Å². The normalized spacial score (nSPS) is 15.3. The molecule has 0 spiro atoms. The van der Waals surface area contributed by atoms with Crippen LogP contribution in [-0.2, 0) is 12.4 Å². The highest BCUT2D eigenvalue weighted by molar-refractivity contribution is 5.69. The van der Waals surface area contributed by atoms with Crippen molar-refractivity contribution in [3.63, 3.8) is 0 Å². The largest absolute Gasteiger partial charge is 0.423 e. The molecule has 0 radical (unpaired) electrons. The summed E-state index contributed by atoms with van der Waals surface area (Å²) >= 11 is 0. The Hall–Kier alpha value is -3.83. The van der Waals surface area contributed by atoms with Crippen LogP contribution in [0.2, 0.25) is 0 Å². The maximum atomic E-state index is 13.0. The average molecular weight is 458 g/mol. The smallest absolute Gasteiger partial charge is 0.352 e. The second-order valence-corrected chi connectivity index (χ2v) is 6.82. The fourth-order valence-corrected chi connectivity index (χ4v) is 3.29. The molecule has 1 aliphatic rings. The van der Waals surface area contributed by atoms with Gasteiger partial charge in [0.1, 0.15) is 23.0 Å². The number of nitrogens with zero attached hydrogens (tertiary/aromatic N) is 7. The number of hydrogen-bond acceptors (Lipinski definition) is 7. The van der Waals surface area contributed by atoms with Gasteiger partial charge in [-0.3, -0.25) is 9.89 Å². The first-order valence-electron chi connectivity index (χ1n) is 9.01. The van der Waals surface area contributed by atoms with Crippen LogP contribution < -0.4 is 15.4 Å². The van der Waals surface area contributed by atoms with Crippen LogP contribution in [0.15, 0.2) is 23.4 Å². The maximum Gasteiger partial charge on any atom is 0.423 e.